The zero-order valence-corrected chi connectivity index (χ0v) is 24.1. The number of hydrogen-bond donors (Lipinski definition) is 1. The monoisotopic (exact) mass is 522 g/mol. The number of amides is 2. The van der Waals surface area contributed by atoms with Crippen LogP contribution in [0.2, 0.25) is 43.8 Å². The molecule has 0 radical (unpaired) electrons. The lowest BCUT2D eigenvalue weighted by Gasteiger charge is -2.35. The molecule has 0 unspecified atom stereocenters. The maximum Gasteiger partial charge on any atom is 0.425 e. The first-order valence-electron chi connectivity index (χ1n) is 11.7. The Bertz CT molecular complexity index is 979. The Morgan fingerprint density at radius 2 is 1.94 bits per heavy atom. The second-order valence-corrected chi connectivity index (χ2v) is 21.5. The van der Waals surface area contributed by atoms with Gasteiger partial charge in [-0.3, -0.25) is 9.69 Å². The van der Waals surface area contributed by atoms with Crippen LogP contribution in [0.4, 0.5) is 16.4 Å². The summed E-state index contributed by atoms with van der Waals surface area (Å²) in [6, 6.07) is 3.56. The number of carbonyl (C=O) groups excluding carboxylic acids is 1. The average Bonchev–Trinajstić information content (AvgIpc) is 2.72. The van der Waals surface area contributed by atoms with Crippen molar-refractivity contribution >= 4 is 40.0 Å². The molecule has 0 saturated carbocycles. The topological polar surface area (TPSA) is 114 Å². The molecular weight excluding hydrogens is 484 g/mol. The van der Waals surface area contributed by atoms with Crippen LogP contribution in [0.25, 0.3) is 0 Å². The number of anilines is 2. The molecule has 2 rings (SSSR count). The van der Waals surface area contributed by atoms with E-state index in [9.17, 15) is 14.7 Å². The highest BCUT2D eigenvalue weighted by Crippen LogP contribution is 2.36. The predicted octanol–water partition coefficient (Wildman–Crippen LogP) is 4.37. The van der Waals surface area contributed by atoms with E-state index in [2.05, 4.69) is 75.4 Å². The van der Waals surface area contributed by atoms with Gasteiger partial charge >= 0.3 is 6.09 Å². The molecule has 0 aliphatic carbocycles. The van der Waals surface area contributed by atoms with E-state index >= 15 is 0 Å². The third-order valence-electron chi connectivity index (χ3n) is 5.92. The molecule has 1 aromatic heterocycles. The van der Waals surface area contributed by atoms with E-state index in [-0.39, 0.29) is 41.8 Å². The molecule has 2 heterocycles. The molecule has 0 fully saturated rings. The normalized spacial score (nSPS) is 14.1. The Kier molecular flexibility index (Phi) is 9.46. The Morgan fingerprint density at radius 3 is 2.54 bits per heavy atom. The van der Waals surface area contributed by atoms with Gasteiger partial charge in [-0.05, 0) is 24.2 Å². The summed E-state index contributed by atoms with van der Waals surface area (Å²) in [5, 5.41) is 9.77. The van der Waals surface area contributed by atoms with Crippen LogP contribution in [0.3, 0.4) is 0 Å². The highest BCUT2D eigenvalue weighted by Gasteiger charge is 2.36. The van der Waals surface area contributed by atoms with Crippen LogP contribution in [0.1, 0.15) is 27.2 Å². The number of nitrogens with zero attached hydrogens (tertiary/aromatic N) is 4. The quantitative estimate of drug-likeness (QED) is 0.220. The van der Waals surface area contributed by atoms with Crippen molar-refractivity contribution in [3.63, 3.8) is 0 Å². The summed E-state index contributed by atoms with van der Waals surface area (Å²) in [7, 11) is -3.19. The first kappa shape index (κ1) is 28.8. The molecule has 0 spiro atoms. The maximum absolute atomic E-state index is 12.5. The molecule has 35 heavy (non-hydrogen) atoms. The van der Waals surface area contributed by atoms with Crippen LogP contribution in [0.15, 0.2) is 6.20 Å². The Morgan fingerprint density at radius 1 is 1.26 bits per heavy atom. The van der Waals surface area contributed by atoms with Crippen molar-refractivity contribution in [2.75, 3.05) is 36.4 Å². The highest BCUT2D eigenvalue weighted by molar-refractivity contribution is 6.76. The van der Waals surface area contributed by atoms with Crippen molar-refractivity contribution < 1.29 is 28.6 Å². The molecule has 1 aromatic rings. The molecule has 2 amide bonds. The Labute approximate surface area is 210 Å². The number of ether oxygens (including phenoxy) is 2. The number of aromatic nitrogens is 2. The molecule has 10 nitrogen and oxygen atoms in total. The lowest BCUT2D eigenvalue weighted by atomic mass is 10.2. The van der Waals surface area contributed by atoms with Crippen molar-refractivity contribution in [2.24, 2.45) is 0 Å². The first-order chi connectivity index (χ1) is 16.1. The van der Waals surface area contributed by atoms with Crippen molar-refractivity contribution in [2.45, 2.75) is 71.0 Å². The van der Waals surface area contributed by atoms with Crippen LogP contribution in [-0.2, 0) is 14.0 Å². The third-order valence-corrected chi connectivity index (χ3v) is 12.2. The van der Waals surface area contributed by atoms with E-state index < -0.39 is 22.5 Å². The fourth-order valence-electron chi connectivity index (χ4n) is 2.65. The van der Waals surface area contributed by atoms with Crippen molar-refractivity contribution in [3.05, 3.63) is 6.20 Å². The van der Waals surface area contributed by atoms with Crippen molar-refractivity contribution in [1.29, 1.82) is 0 Å². The largest absolute Gasteiger partial charge is 0.465 e. The van der Waals surface area contributed by atoms with Crippen LogP contribution >= 0.6 is 0 Å². The molecule has 0 saturated heterocycles. The predicted molar refractivity (Wildman–Crippen MR) is 140 cm³/mol. The van der Waals surface area contributed by atoms with E-state index in [0.717, 1.165) is 10.9 Å². The second-order valence-electron chi connectivity index (χ2n) is 11.1. The summed E-state index contributed by atoms with van der Waals surface area (Å²) < 4.78 is 17.2. The number of hydrogen-bond acceptors (Lipinski definition) is 7. The minimum absolute atomic E-state index is 0.0126. The Hall–Kier alpha value is -2.47. The molecule has 12 heteroatoms. The molecule has 0 atom stereocenters. The van der Waals surface area contributed by atoms with Gasteiger partial charge in [-0.25, -0.2) is 14.8 Å². The van der Waals surface area contributed by atoms with Gasteiger partial charge in [-0.2, -0.15) is 4.90 Å². The van der Waals surface area contributed by atoms with E-state index in [4.69, 9.17) is 13.9 Å². The highest BCUT2D eigenvalue weighted by atomic mass is 28.4. The molecule has 1 N–H and O–H groups in total. The average molecular weight is 523 g/mol. The smallest absolute Gasteiger partial charge is 0.425 e. The molecule has 194 valence electrons. The van der Waals surface area contributed by atoms with Gasteiger partial charge in [0.2, 0.25) is 5.82 Å². The summed E-state index contributed by atoms with van der Waals surface area (Å²) >= 11 is 0. The van der Waals surface area contributed by atoms with Gasteiger partial charge in [-0.15, -0.1) is 0 Å². The Balaban J connectivity index is 2.13. The zero-order valence-electron chi connectivity index (χ0n) is 22.1. The van der Waals surface area contributed by atoms with Gasteiger partial charge < -0.3 is 19.0 Å². The van der Waals surface area contributed by atoms with Gasteiger partial charge in [0.15, 0.2) is 20.7 Å². The fraction of sp³-hybridized carbons (Fsp3) is 0.652. The van der Waals surface area contributed by atoms with Crippen molar-refractivity contribution in [1.82, 2.24) is 9.97 Å². The summed E-state index contributed by atoms with van der Waals surface area (Å²) in [5.41, 5.74) is 0. The van der Waals surface area contributed by atoms with Gasteiger partial charge in [-0.1, -0.05) is 46.3 Å². The SMILES string of the molecule is CC(C)(C)[Si](C)(C)OCCC#CN(C(=O)O)c1cnc2c(n1)N(COCC[Si](C)(C)C)C(=O)CO2. The second kappa shape index (κ2) is 11.5. The number of carboxylic acid groups (broad SMARTS) is 1. The lowest BCUT2D eigenvalue weighted by Crippen LogP contribution is -2.42. The molecule has 0 aromatic carbocycles. The van der Waals surface area contributed by atoms with Crippen LogP contribution in [0.5, 0.6) is 5.88 Å². The van der Waals surface area contributed by atoms with Crippen LogP contribution < -0.4 is 14.5 Å². The molecule has 0 bridgehead atoms. The summed E-state index contributed by atoms with van der Waals surface area (Å²) in [4.78, 5) is 34.9. The summed E-state index contributed by atoms with van der Waals surface area (Å²) in [6.07, 6.45) is 0.319. The lowest BCUT2D eigenvalue weighted by molar-refractivity contribution is -0.122. The maximum atomic E-state index is 12.5. The zero-order chi connectivity index (χ0) is 26.4. The number of fused-ring (bicyclic) bond motifs is 1. The fourth-order valence-corrected chi connectivity index (χ4v) is 4.45. The van der Waals surface area contributed by atoms with Crippen LogP contribution in [-0.4, -0.2) is 70.0 Å². The molecule has 1 aliphatic heterocycles. The minimum atomic E-state index is -1.90. The number of carbonyl (C=O) groups is 2. The van der Waals surface area contributed by atoms with E-state index in [0.29, 0.717) is 19.6 Å². The molecular formula is C23H38N4O6Si2. The standard InChI is InChI=1S/C23H38N4O6Si2/c1-23(2,3)35(7,8)33-12-10-9-11-26(22(29)30)18-15-24-21-20(25-18)27(19(28)16-32-21)17-31-13-14-34(4,5)6/h15H,10,12-14,16-17H2,1-8H3,(H,29,30). The summed E-state index contributed by atoms with van der Waals surface area (Å²) in [6.45, 7) is 18.2. The van der Waals surface area contributed by atoms with E-state index in [1.807, 2.05) is 0 Å². The van der Waals surface area contributed by atoms with E-state index in [1.165, 1.54) is 11.1 Å². The van der Waals surface area contributed by atoms with Crippen LogP contribution in [0, 0.1) is 12.0 Å². The molecule has 1 aliphatic rings. The first-order valence-corrected chi connectivity index (χ1v) is 18.3. The van der Waals surface area contributed by atoms with E-state index in [1.54, 1.807) is 0 Å². The van der Waals surface area contributed by atoms with Gasteiger partial charge in [0.1, 0.15) is 6.73 Å². The summed E-state index contributed by atoms with van der Waals surface area (Å²) in [5.74, 6) is 2.72. The number of rotatable bonds is 9. The van der Waals surface area contributed by atoms with Gasteiger partial charge in [0.05, 0.1) is 6.20 Å². The van der Waals surface area contributed by atoms with Crippen molar-refractivity contribution in [3.8, 4) is 17.8 Å². The minimum Gasteiger partial charge on any atom is -0.465 e. The van der Waals surface area contributed by atoms with Gasteiger partial charge in [0, 0.05) is 33.8 Å². The third kappa shape index (κ3) is 8.31. The van der Waals surface area contributed by atoms with Gasteiger partial charge in [0.25, 0.3) is 11.8 Å².